The Kier molecular flexibility index (Phi) is 2.85. The van der Waals surface area contributed by atoms with E-state index in [0.29, 0.717) is 11.3 Å². The van der Waals surface area contributed by atoms with Gasteiger partial charge in [0, 0.05) is 10.9 Å². The van der Waals surface area contributed by atoms with Gasteiger partial charge in [0.25, 0.3) is 0 Å². The van der Waals surface area contributed by atoms with Crippen LogP contribution in [0.25, 0.3) is 0 Å². The molecule has 5 heteroatoms. The second-order valence-corrected chi connectivity index (χ2v) is 3.52. The van der Waals surface area contributed by atoms with Gasteiger partial charge in [-0.1, -0.05) is 12.1 Å². The van der Waals surface area contributed by atoms with Gasteiger partial charge in [0.1, 0.15) is 11.9 Å². The lowest BCUT2D eigenvalue weighted by Gasteiger charge is -2.23. The lowest BCUT2D eigenvalue weighted by atomic mass is 9.99. The maximum atomic E-state index is 11.6. The quantitative estimate of drug-likeness (QED) is 0.769. The molecule has 16 heavy (non-hydrogen) atoms. The number of rotatable bonds is 2. The topological polar surface area (TPSA) is 52.6 Å². The molecule has 0 amide bonds. The van der Waals surface area contributed by atoms with Crippen LogP contribution >= 0.6 is 0 Å². The van der Waals surface area contributed by atoms with Crippen LogP contribution in [0, 0.1) is 0 Å². The highest BCUT2D eigenvalue weighted by Crippen LogP contribution is 2.28. The Bertz CT molecular complexity index is 430. The lowest BCUT2D eigenvalue weighted by molar-refractivity contribution is -0.185. The smallest absolute Gasteiger partial charge is 0.352 e. The van der Waals surface area contributed by atoms with Gasteiger partial charge in [0.05, 0.1) is 12.0 Å². The molecule has 2 rings (SSSR count). The van der Waals surface area contributed by atoms with Gasteiger partial charge in [0.2, 0.25) is 0 Å². The Hall–Kier alpha value is -1.91. The molecule has 1 aromatic rings. The Morgan fingerprint density at radius 3 is 3.00 bits per heavy atom. The molecule has 0 saturated heterocycles. The molecule has 1 aromatic carbocycles. The molecule has 84 valence electrons. The molecular weight excluding hydrogens is 215 g/mol. The van der Waals surface area contributed by atoms with Gasteiger partial charge in [-0.2, -0.15) is 0 Å². The molecule has 1 aliphatic heterocycles. The number of ketones is 1. The minimum absolute atomic E-state index is 0.0616. The van der Waals surface area contributed by atoms with Crippen molar-refractivity contribution in [1.29, 1.82) is 0 Å². The standard InChI is InChI=1S/C11H9FO4/c12-16-11(14)6-7-5-9(13)8-3-1-2-4-10(8)15-7/h1-4,7H,5-6H2. The predicted molar refractivity (Wildman–Crippen MR) is 51.6 cm³/mol. The van der Waals surface area contributed by atoms with Crippen molar-refractivity contribution in [2.75, 3.05) is 0 Å². The van der Waals surface area contributed by atoms with E-state index in [0.717, 1.165) is 0 Å². The SMILES string of the molecule is O=C(CC1CC(=O)c2ccccc2O1)OF. The highest BCUT2D eigenvalue weighted by Gasteiger charge is 2.28. The van der Waals surface area contributed by atoms with Crippen molar-refractivity contribution in [3.8, 4) is 5.75 Å². The highest BCUT2D eigenvalue weighted by atomic mass is 19.3. The van der Waals surface area contributed by atoms with Crippen LogP contribution in [0.4, 0.5) is 4.53 Å². The van der Waals surface area contributed by atoms with Gasteiger partial charge in [-0.05, 0) is 12.1 Å². The highest BCUT2D eigenvalue weighted by molar-refractivity contribution is 6.00. The van der Waals surface area contributed by atoms with Gasteiger partial charge in [-0.25, -0.2) is 4.79 Å². The number of Topliss-reactive ketones (excluding diaryl/α,β-unsaturated/α-hetero) is 1. The van der Waals surface area contributed by atoms with Crippen LogP contribution in [0.2, 0.25) is 0 Å². The Balaban J connectivity index is 2.15. The zero-order valence-electron chi connectivity index (χ0n) is 8.31. The molecule has 0 saturated carbocycles. The molecule has 0 bridgehead atoms. The van der Waals surface area contributed by atoms with Gasteiger partial charge in [-0.15, -0.1) is 0 Å². The molecule has 1 unspecified atom stereocenters. The first-order valence-corrected chi connectivity index (χ1v) is 4.81. The Labute approximate surface area is 90.9 Å². The summed E-state index contributed by atoms with van der Waals surface area (Å²) in [5, 5.41) is 0. The van der Waals surface area contributed by atoms with Crippen molar-refractivity contribution in [3.63, 3.8) is 0 Å². The number of carbonyl (C=O) groups excluding carboxylic acids is 2. The number of para-hydroxylation sites is 1. The summed E-state index contributed by atoms with van der Waals surface area (Å²) in [5.74, 6) is -0.717. The molecule has 0 fully saturated rings. The average molecular weight is 224 g/mol. The van der Waals surface area contributed by atoms with Crippen LogP contribution in [-0.4, -0.2) is 17.9 Å². The minimum atomic E-state index is -1.03. The van der Waals surface area contributed by atoms with E-state index in [1.54, 1.807) is 24.3 Å². The predicted octanol–water partition coefficient (Wildman–Crippen LogP) is 1.84. The average Bonchev–Trinajstić information content (AvgIpc) is 2.29. The monoisotopic (exact) mass is 224 g/mol. The van der Waals surface area contributed by atoms with E-state index in [1.165, 1.54) is 0 Å². The minimum Gasteiger partial charge on any atom is -0.489 e. The Morgan fingerprint density at radius 2 is 2.25 bits per heavy atom. The summed E-state index contributed by atoms with van der Waals surface area (Å²) in [6, 6.07) is 6.75. The van der Waals surface area contributed by atoms with E-state index < -0.39 is 12.1 Å². The molecule has 1 aliphatic rings. The molecule has 0 aromatic heterocycles. The van der Waals surface area contributed by atoms with E-state index in [4.69, 9.17) is 4.74 Å². The van der Waals surface area contributed by atoms with E-state index >= 15 is 0 Å². The number of fused-ring (bicyclic) bond motifs is 1. The van der Waals surface area contributed by atoms with Gasteiger partial charge in [-0.3, -0.25) is 9.74 Å². The normalized spacial score (nSPS) is 18.6. The second kappa shape index (κ2) is 4.30. The fourth-order valence-corrected chi connectivity index (χ4v) is 1.67. The van der Waals surface area contributed by atoms with Crippen LogP contribution in [-0.2, 0) is 9.74 Å². The van der Waals surface area contributed by atoms with Gasteiger partial charge >= 0.3 is 5.97 Å². The maximum Gasteiger partial charge on any atom is 0.352 e. The first kappa shape index (κ1) is 10.6. The fourth-order valence-electron chi connectivity index (χ4n) is 1.67. The van der Waals surface area contributed by atoms with E-state index in [9.17, 15) is 14.1 Å². The largest absolute Gasteiger partial charge is 0.489 e. The molecule has 1 atom stereocenters. The molecule has 0 aliphatic carbocycles. The molecule has 1 heterocycles. The fraction of sp³-hybridized carbons (Fsp3) is 0.273. The van der Waals surface area contributed by atoms with Crippen molar-refractivity contribution < 1.29 is 23.8 Å². The van der Waals surface area contributed by atoms with Crippen molar-refractivity contribution >= 4 is 11.8 Å². The Morgan fingerprint density at radius 1 is 1.50 bits per heavy atom. The van der Waals surface area contributed by atoms with E-state index in [2.05, 4.69) is 4.94 Å². The number of hydrogen-bond acceptors (Lipinski definition) is 4. The number of carbonyl (C=O) groups is 2. The number of hydrogen-bond donors (Lipinski definition) is 0. The molecule has 0 N–H and O–H groups in total. The van der Waals surface area contributed by atoms with Crippen molar-refractivity contribution in [1.82, 2.24) is 0 Å². The first-order valence-electron chi connectivity index (χ1n) is 4.81. The van der Waals surface area contributed by atoms with E-state index in [-0.39, 0.29) is 18.6 Å². The number of halogens is 1. The summed E-state index contributed by atoms with van der Waals surface area (Å²) < 4.78 is 16.9. The zero-order chi connectivity index (χ0) is 11.5. The third kappa shape index (κ3) is 2.03. The molecule has 0 radical (unpaired) electrons. The molecule has 4 nitrogen and oxygen atoms in total. The lowest BCUT2D eigenvalue weighted by Crippen LogP contribution is -2.29. The first-order chi connectivity index (χ1) is 7.70. The van der Waals surface area contributed by atoms with Crippen molar-refractivity contribution in [3.05, 3.63) is 29.8 Å². The van der Waals surface area contributed by atoms with Gasteiger partial charge < -0.3 is 4.74 Å². The van der Waals surface area contributed by atoms with Crippen LogP contribution in [0.5, 0.6) is 5.75 Å². The summed E-state index contributed by atoms with van der Waals surface area (Å²) in [6.07, 6.45) is -0.853. The molecule has 0 spiro atoms. The summed E-state index contributed by atoms with van der Waals surface area (Å²) in [7, 11) is 0. The number of ether oxygens (including phenoxy) is 1. The van der Waals surface area contributed by atoms with Crippen molar-refractivity contribution in [2.45, 2.75) is 18.9 Å². The van der Waals surface area contributed by atoms with E-state index in [1.807, 2.05) is 0 Å². The van der Waals surface area contributed by atoms with Crippen molar-refractivity contribution in [2.24, 2.45) is 0 Å². The van der Waals surface area contributed by atoms with Crippen LogP contribution in [0.3, 0.4) is 0 Å². The summed E-state index contributed by atoms with van der Waals surface area (Å²) in [4.78, 5) is 25.4. The van der Waals surface area contributed by atoms with Crippen LogP contribution in [0.15, 0.2) is 24.3 Å². The third-order valence-electron chi connectivity index (χ3n) is 2.37. The van der Waals surface area contributed by atoms with Gasteiger partial charge in [0.15, 0.2) is 5.78 Å². The van der Waals surface area contributed by atoms with Crippen LogP contribution < -0.4 is 4.74 Å². The molecular formula is C11H9FO4. The van der Waals surface area contributed by atoms with Crippen LogP contribution in [0.1, 0.15) is 23.2 Å². The zero-order valence-corrected chi connectivity index (χ0v) is 8.31. The third-order valence-corrected chi connectivity index (χ3v) is 2.37. The maximum absolute atomic E-state index is 11.6. The summed E-state index contributed by atoms with van der Waals surface area (Å²) in [5.41, 5.74) is 0.493. The second-order valence-electron chi connectivity index (χ2n) is 3.52. The number of benzene rings is 1. The summed E-state index contributed by atoms with van der Waals surface area (Å²) >= 11 is 0. The summed E-state index contributed by atoms with van der Waals surface area (Å²) in [6.45, 7) is 0.